The number of carbonyl (C=O) groups is 1. The minimum atomic E-state index is -0.673. The summed E-state index contributed by atoms with van der Waals surface area (Å²) in [7, 11) is 0. The third-order valence-corrected chi connectivity index (χ3v) is 6.56. The highest BCUT2D eigenvalue weighted by Crippen LogP contribution is 2.31. The minimum Gasteiger partial charge on any atom is -0.352 e. The molecule has 1 amide bonds. The predicted molar refractivity (Wildman–Crippen MR) is 128 cm³/mol. The molecule has 0 spiro atoms. The summed E-state index contributed by atoms with van der Waals surface area (Å²) in [5.74, 6) is -1.49. The first kappa shape index (κ1) is 23.2. The van der Waals surface area contributed by atoms with E-state index in [1.807, 2.05) is 30.3 Å². The summed E-state index contributed by atoms with van der Waals surface area (Å²) < 4.78 is 29.9. The van der Waals surface area contributed by atoms with E-state index in [1.165, 1.54) is 31.4 Å². The van der Waals surface area contributed by atoms with Gasteiger partial charge in [0.25, 0.3) is 5.91 Å². The highest BCUT2D eigenvalue weighted by molar-refractivity contribution is 5.97. The summed E-state index contributed by atoms with van der Waals surface area (Å²) in [6.45, 7) is 6.74. The number of piperidine rings is 1. The quantitative estimate of drug-likeness (QED) is 0.466. The summed E-state index contributed by atoms with van der Waals surface area (Å²) >= 11 is 0. The van der Waals surface area contributed by atoms with Crippen LogP contribution in [-0.2, 0) is 0 Å². The van der Waals surface area contributed by atoms with Crippen LogP contribution in [-0.4, -0.2) is 41.1 Å². The van der Waals surface area contributed by atoms with Crippen molar-refractivity contribution in [1.29, 1.82) is 0 Å². The summed E-state index contributed by atoms with van der Waals surface area (Å²) in [6, 6.07) is 15.4. The molecule has 174 valence electrons. The Morgan fingerprint density at radius 3 is 2.61 bits per heavy atom. The van der Waals surface area contributed by atoms with Crippen LogP contribution in [0.2, 0.25) is 0 Å². The number of rotatable bonds is 7. The molecule has 1 N–H and O–H groups in total. The molecule has 1 atom stereocenters. The SMILES string of the molecule is Cc1c(C(=O)NCCCN2CCCCC2C)cc(-c2ccccc2)n1-c1ccc(F)cc1F. The molecule has 4 nitrogen and oxygen atoms in total. The van der Waals surface area contributed by atoms with Crippen molar-refractivity contribution in [3.63, 3.8) is 0 Å². The fourth-order valence-electron chi connectivity index (χ4n) is 4.70. The highest BCUT2D eigenvalue weighted by Gasteiger charge is 2.22. The van der Waals surface area contributed by atoms with Gasteiger partial charge in [-0.25, -0.2) is 8.78 Å². The summed E-state index contributed by atoms with van der Waals surface area (Å²) in [4.78, 5) is 15.5. The number of halogens is 2. The van der Waals surface area contributed by atoms with Crippen LogP contribution < -0.4 is 5.32 Å². The summed E-state index contributed by atoms with van der Waals surface area (Å²) in [5.41, 5.74) is 2.85. The van der Waals surface area contributed by atoms with E-state index >= 15 is 0 Å². The number of amides is 1. The van der Waals surface area contributed by atoms with E-state index < -0.39 is 11.6 Å². The maximum atomic E-state index is 14.7. The molecule has 2 aromatic carbocycles. The molecule has 6 heteroatoms. The number of benzene rings is 2. The van der Waals surface area contributed by atoms with Gasteiger partial charge in [-0.3, -0.25) is 4.79 Å². The van der Waals surface area contributed by atoms with Gasteiger partial charge in [-0.05, 0) is 63.4 Å². The molecular formula is C27H31F2N3O. The number of hydrogen-bond acceptors (Lipinski definition) is 2. The van der Waals surface area contributed by atoms with Crippen molar-refractivity contribution in [3.8, 4) is 16.9 Å². The molecule has 33 heavy (non-hydrogen) atoms. The molecule has 4 rings (SSSR count). The first-order valence-electron chi connectivity index (χ1n) is 11.7. The van der Waals surface area contributed by atoms with Crippen LogP contribution in [0.5, 0.6) is 0 Å². The van der Waals surface area contributed by atoms with E-state index in [0.29, 0.717) is 29.5 Å². The zero-order chi connectivity index (χ0) is 23.4. The number of carbonyl (C=O) groups excluding carboxylic acids is 1. The Hall–Kier alpha value is -2.99. The lowest BCUT2D eigenvalue weighted by molar-refractivity contribution is 0.0948. The van der Waals surface area contributed by atoms with Crippen molar-refractivity contribution in [2.75, 3.05) is 19.6 Å². The van der Waals surface area contributed by atoms with Crippen LogP contribution in [0, 0.1) is 18.6 Å². The molecule has 0 aliphatic carbocycles. The molecule has 2 heterocycles. The van der Waals surface area contributed by atoms with Crippen LogP contribution in [0.4, 0.5) is 8.78 Å². The summed E-state index contributed by atoms with van der Waals surface area (Å²) in [6.07, 6.45) is 4.66. The molecule has 1 aromatic heterocycles. The number of likely N-dealkylation sites (tertiary alicyclic amines) is 1. The Morgan fingerprint density at radius 2 is 1.88 bits per heavy atom. The van der Waals surface area contributed by atoms with Gasteiger partial charge in [0.15, 0.2) is 0 Å². The molecule has 1 fully saturated rings. The van der Waals surface area contributed by atoms with Crippen molar-refractivity contribution >= 4 is 5.91 Å². The van der Waals surface area contributed by atoms with Crippen molar-refractivity contribution in [2.45, 2.75) is 45.6 Å². The Balaban J connectivity index is 1.55. The minimum absolute atomic E-state index is 0.183. The van der Waals surface area contributed by atoms with E-state index in [0.717, 1.165) is 31.1 Å². The summed E-state index contributed by atoms with van der Waals surface area (Å²) in [5, 5.41) is 3.03. The second kappa shape index (κ2) is 10.3. The van der Waals surface area contributed by atoms with Gasteiger partial charge < -0.3 is 14.8 Å². The first-order valence-corrected chi connectivity index (χ1v) is 11.7. The Kier molecular flexibility index (Phi) is 7.23. The van der Waals surface area contributed by atoms with E-state index in [4.69, 9.17) is 0 Å². The largest absolute Gasteiger partial charge is 0.352 e. The zero-order valence-corrected chi connectivity index (χ0v) is 19.3. The average molecular weight is 452 g/mol. The molecular weight excluding hydrogens is 420 g/mol. The number of hydrogen-bond donors (Lipinski definition) is 1. The van der Waals surface area contributed by atoms with E-state index in [2.05, 4.69) is 17.1 Å². The van der Waals surface area contributed by atoms with E-state index in [1.54, 1.807) is 17.6 Å². The molecule has 0 bridgehead atoms. The van der Waals surface area contributed by atoms with Crippen LogP contribution in [0.15, 0.2) is 54.6 Å². The Labute approximate surface area is 194 Å². The maximum absolute atomic E-state index is 14.7. The first-order chi connectivity index (χ1) is 16.0. The van der Waals surface area contributed by atoms with Crippen LogP contribution in [0.3, 0.4) is 0 Å². The molecule has 0 saturated carbocycles. The zero-order valence-electron chi connectivity index (χ0n) is 19.3. The smallest absolute Gasteiger partial charge is 0.253 e. The number of nitrogens with one attached hydrogen (secondary N) is 1. The van der Waals surface area contributed by atoms with Gasteiger partial charge in [-0.1, -0.05) is 36.8 Å². The molecule has 1 saturated heterocycles. The van der Waals surface area contributed by atoms with Crippen molar-refractivity contribution in [3.05, 3.63) is 77.5 Å². The van der Waals surface area contributed by atoms with Gasteiger partial charge in [0.05, 0.1) is 16.9 Å². The van der Waals surface area contributed by atoms with E-state index in [9.17, 15) is 13.6 Å². The lowest BCUT2D eigenvalue weighted by atomic mass is 10.0. The number of aromatic nitrogens is 1. The molecule has 1 unspecified atom stereocenters. The molecule has 1 aliphatic rings. The topological polar surface area (TPSA) is 37.3 Å². The Morgan fingerprint density at radius 1 is 1.09 bits per heavy atom. The lowest BCUT2D eigenvalue weighted by Gasteiger charge is -2.33. The van der Waals surface area contributed by atoms with Crippen LogP contribution in [0.25, 0.3) is 16.9 Å². The van der Waals surface area contributed by atoms with Gasteiger partial charge in [-0.15, -0.1) is 0 Å². The van der Waals surface area contributed by atoms with Crippen molar-refractivity contribution in [2.24, 2.45) is 0 Å². The van der Waals surface area contributed by atoms with Crippen LogP contribution >= 0.6 is 0 Å². The average Bonchev–Trinajstić information content (AvgIpc) is 3.15. The van der Waals surface area contributed by atoms with E-state index in [-0.39, 0.29) is 11.6 Å². The van der Waals surface area contributed by atoms with Gasteiger partial charge in [0, 0.05) is 30.9 Å². The monoisotopic (exact) mass is 451 g/mol. The predicted octanol–water partition coefficient (Wildman–Crippen LogP) is 5.73. The molecule has 1 aliphatic heterocycles. The van der Waals surface area contributed by atoms with Crippen molar-refractivity contribution < 1.29 is 13.6 Å². The fraction of sp³-hybridized carbons (Fsp3) is 0.370. The van der Waals surface area contributed by atoms with Crippen molar-refractivity contribution in [1.82, 2.24) is 14.8 Å². The van der Waals surface area contributed by atoms with Gasteiger partial charge in [0.1, 0.15) is 11.6 Å². The number of nitrogens with zero attached hydrogens (tertiary/aromatic N) is 2. The normalized spacial score (nSPS) is 16.7. The third kappa shape index (κ3) is 5.17. The fourth-order valence-corrected chi connectivity index (χ4v) is 4.70. The van der Waals surface area contributed by atoms with Gasteiger partial charge >= 0.3 is 0 Å². The molecule has 0 radical (unpaired) electrons. The second-order valence-corrected chi connectivity index (χ2v) is 8.82. The second-order valence-electron chi connectivity index (χ2n) is 8.82. The molecule has 3 aromatic rings. The lowest BCUT2D eigenvalue weighted by Crippen LogP contribution is -2.39. The maximum Gasteiger partial charge on any atom is 0.253 e. The van der Waals surface area contributed by atoms with Gasteiger partial charge in [0.2, 0.25) is 0 Å². The standard InChI is InChI=1S/C27H31F2N3O/c1-19-9-6-7-15-31(19)16-8-14-30-27(33)23-18-26(21-10-4-3-5-11-21)32(20(23)2)25-13-12-22(28)17-24(25)29/h3-5,10-13,17-19H,6-9,14-16H2,1-2H3,(H,30,33). The third-order valence-electron chi connectivity index (χ3n) is 6.56. The van der Waals surface area contributed by atoms with Gasteiger partial charge in [-0.2, -0.15) is 0 Å². The van der Waals surface area contributed by atoms with Crippen LogP contribution in [0.1, 0.15) is 48.7 Å². The highest BCUT2D eigenvalue weighted by atomic mass is 19.1. The Bertz CT molecular complexity index is 1110.